The topological polar surface area (TPSA) is 12.5 Å². The van der Waals surface area contributed by atoms with Crippen LogP contribution in [0.25, 0.3) is 0 Å². The van der Waals surface area contributed by atoms with Gasteiger partial charge in [-0.3, -0.25) is 4.90 Å². The number of piperidine rings is 1. The van der Waals surface area contributed by atoms with Gasteiger partial charge in [-0.1, -0.05) is 47.0 Å². The van der Waals surface area contributed by atoms with Gasteiger partial charge in [-0.2, -0.15) is 0 Å². The first kappa shape index (κ1) is 20.9. The second-order valence-electron chi connectivity index (χ2n) is 6.81. The van der Waals surface area contributed by atoms with Crippen LogP contribution in [-0.2, 0) is 4.74 Å². The lowest BCUT2D eigenvalue weighted by molar-refractivity contribution is -0.0891. The highest BCUT2D eigenvalue weighted by Crippen LogP contribution is 2.43. The molecule has 0 amide bonds. The lowest BCUT2D eigenvalue weighted by atomic mass is 9.67. The summed E-state index contributed by atoms with van der Waals surface area (Å²) in [5, 5.41) is 0. The van der Waals surface area contributed by atoms with Crippen LogP contribution in [0.1, 0.15) is 80.6 Å². The molecular weight excluding hydrogens is 258 g/mol. The minimum absolute atomic E-state index is 0.219. The first-order chi connectivity index (χ1) is 10.0. The van der Waals surface area contributed by atoms with Gasteiger partial charge in [-0.05, 0) is 52.0 Å². The van der Waals surface area contributed by atoms with Gasteiger partial charge in [0, 0.05) is 18.7 Å². The van der Waals surface area contributed by atoms with E-state index >= 15 is 0 Å². The molecule has 1 saturated heterocycles. The van der Waals surface area contributed by atoms with E-state index in [4.69, 9.17) is 4.74 Å². The fourth-order valence-corrected chi connectivity index (χ4v) is 4.39. The number of likely N-dealkylation sites (tertiary alicyclic amines) is 1. The van der Waals surface area contributed by atoms with Gasteiger partial charge < -0.3 is 4.74 Å². The minimum atomic E-state index is 0.219. The van der Waals surface area contributed by atoms with Gasteiger partial charge in [0.2, 0.25) is 0 Å². The van der Waals surface area contributed by atoms with Crippen LogP contribution in [0.15, 0.2) is 0 Å². The molecule has 0 saturated carbocycles. The van der Waals surface area contributed by atoms with E-state index in [0.717, 1.165) is 18.4 Å². The van der Waals surface area contributed by atoms with E-state index < -0.39 is 0 Å². The van der Waals surface area contributed by atoms with Gasteiger partial charge in [0.05, 0.1) is 6.61 Å². The lowest BCUT2D eigenvalue weighted by Crippen LogP contribution is -2.62. The molecule has 3 atom stereocenters. The Kier molecular flexibility index (Phi) is 10.6. The van der Waals surface area contributed by atoms with E-state index in [2.05, 4.69) is 39.5 Å². The molecule has 0 aromatic rings. The second kappa shape index (κ2) is 10.6. The number of hydrogen-bond acceptors (Lipinski definition) is 2. The van der Waals surface area contributed by atoms with Crippen molar-refractivity contribution in [3.05, 3.63) is 0 Å². The van der Waals surface area contributed by atoms with Crippen LogP contribution < -0.4 is 0 Å². The largest absolute Gasteiger partial charge is 0.383 e. The third-order valence-electron chi connectivity index (χ3n) is 5.08. The molecule has 1 heterocycles. The Morgan fingerprint density at radius 1 is 1.14 bits per heavy atom. The maximum absolute atomic E-state index is 5.63. The van der Waals surface area contributed by atoms with Crippen molar-refractivity contribution in [1.29, 1.82) is 0 Å². The maximum Gasteiger partial charge on any atom is 0.0646 e. The first-order valence-electron chi connectivity index (χ1n) is 9.26. The maximum atomic E-state index is 5.63. The van der Waals surface area contributed by atoms with E-state index in [-0.39, 0.29) is 5.54 Å². The minimum Gasteiger partial charge on any atom is -0.383 e. The van der Waals surface area contributed by atoms with Gasteiger partial charge in [-0.15, -0.1) is 0 Å². The molecule has 0 N–H and O–H groups in total. The summed E-state index contributed by atoms with van der Waals surface area (Å²) in [7, 11) is 1.86. The predicted molar refractivity (Wildman–Crippen MR) is 94.9 cm³/mol. The van der Waals surface area contributed by atoms with Crippen LogP contribution >= 0.6 is 0 Å². The van der Waals surface area contributed by atoms with Crippen molar-refractivity contribution in [3.8, 4) is 0 Å². The van der Waals surface area contributed by atoms with Gasteiger partial charge in [0.1, 0.15) is 0 Å². The molecule has 1 rings (SSSR count). The van der Waals surface area contributed by atoms with Crippen LogP contribution in [0, 0.1) is 11.8 Å². The summed E-state index contributed by atoms with van der Waals surface area (Å²) in [6, 6.07) is 0.613. The molecule has 21 heavy (non-hydrogen) atoms. The molecular formula is C19H41NO. The standard InChI is InChI=1S/C17H35NO.C2H6/c1-7-9-15-11-12-18(14(3)4)17(5,13-19-6)16(15)10-8-2;1-2/h14-16H,7-13H2,1-6H3;1-2H3. The van der Waals surface area contributed by atoms with E-state index in [0.29, 0.717) is 6.04 Å². The number of rotatable bonds is 7. The van der Waals surface area contributed by atoms with E-state index in [1.165, 1.54) is 38.6 Å². The molecule has 0 aromatic carbocycles. The van der Waals surface area contributed by atoms with Crippen LogP contribution in [-0.4, -0.2) is 36.7 Å². The number of ether oxygens (including phenoxy) is 1. The zero-order chi connectivity index (χ0) is 16.5. The SMILES string of the molecule is CC.CCCC1CCN(C(C)C)C(C)(COC)C1CCC. The normalized spacial score (nSPS) is 30.1. The second-order valence-corrected chi connectivity index (χ2v) is 6.81. The third-order valence-corrected chi connectivity index (χ3v) is 5.08. The molecule has 0 aliphatic carbocycles. The Hall–Kier alpha value is -0.0800. The zero-order valence-corrected chi connectivity index (χ0v) is 16.0. The highest BCUT2D eigenvalue weighted by Gasteiger charge is 2.46. The van der Waals surface area contributed by atoms with Crippen LogP contribution in [0.2, 0.25) is 0 Å². The quantitative estimate of drug-likeness (QED) is 0.627. The summed E-state index contributed by atoms with van der Waals surface area (Å²) in [5.74, 6) is 1.67. The lowest BCUT2D eigenvalue weighted by Gasteiger charge is -2.55. The number of nitrogens with zero attached hydrogens (tertiary/aromatic N) is 1. The summed E-state index contributed by atoms with van der Waals surface area (Å²) in [4.78, 5) is 2.70. The summed E-state index contributed by atoms with van der Waals surface area (Å²) >= 11 is 0. The molecule has 1 fully saturated rings. The summed E-state index contributed by atoms with van der Waals surface area (Å²) < 4.78 is 5.63. The van der Waals surface area contributed by atoms with E-state index in [1.54, 1.807) is 0 Å². The average molecular weight is 300 g/mol. The molecule has 2 heteroatoms. The van der Waals surface area contributed by atoms with Crippen LogP contribution in [0.3, 0.4) is 0 Å². The Morgan fingerprint density at radius 2 is 1.71 bits per heavy atom. The summed E-state index contributed by atoms with van der Waals surface area (Å²) in [5.41, 5.74) is 0.219. The van der Waals surface area contributed by atoms with Crippen molar-refractivity contribution in [2.24, 2.45) is 11.8 Å². The third kappa shape index (κ3) is 5.25. The summed E-state index contributed by atoms with van der Waals surface area (Å²) in [6.45, 7) is 17.9. The highest BCUT2D eigenvalue weighted by atomic mass is 16.5. The van der Waals surface area contributed by atoms with Crippen molar-refractivity contribution >= 4 is 0 Å². The van der Waals surface area contributed by atoms with Gasteiger partial charge in [0.15, 0.2) is 0 Å². The molecule has 0 spiro atoms. The van der Waals surface area contributed by atoms with Crippen molar-refractivity contribution in [1.82, 2.24) is 4.90 Å². The number of methoxy groups -OCH3 is 1. The van der Waals surface area contributed by atoms with Crippen molar-refractivity contribution in [2.75, 3.05) is 20.3 Å². The first-order valence-corrected chi connectivity index (χ1v) is 9.26. The van der Waals surface area contributed by atoms with Crippen molar-refractivity contribution in [2.45, 2.75) is 92.2 Å². The highest BCUT2D eigenvalue weighted by molar-refractivity contribution is 5.00. The zero-order valence-electron chi connectivity index (χ0n) is 16.0. The molecule has 0 radical (unpaired) electrons. The summed E-state index contributed by atoms with van der Waals surface area (Å²) in [6.07, 6.45) is 6.70. The van der Waals surface area contributed by atoms with E-state index in [9.17, 15) is 0 Å². The van der Waals surface area contributed by atoms with Crippen LogP contribution in [0.4, 0.5) is 0 Å². The Balaban J connectivity index is 0.00000191. The fraction of sp³-hybridized carbons (Fsp3) is 1.00. The van der Waals surface area contributed by atoms with Crippen molar-refractivity contribution < 1.29 is 4.74 Å². The van der Waals surface area contributed by atoms with E-state index in [1.807, 2.05) is 21.0 Å². The Morgan fingerprint density at radius 3 is 2.14 bits per heavy atom. The fourth-order valence-electron chi connectivity index (χ4n) is 4.39. The van der Waals surface area contributed by atoms with Gasteiger partial charge >= 0.3 is 0 Å². The molecule has 2 nitrogen and oxygen atoms in total. The predicted octanol–water partition coefficient (Wildman–Crippen LogP) is 5.36. The Bertz CT molecular complexity index is 254. The van der Waals surface area contributed by atoms with Crippen molar-refractivity contribution in [3.63, 3.8) is 0 Å². The molecule has 1 aliphatic rings. The molecule has 128 valence electrons. The smallest absolute Gasteiger partial charge is 0.0646 e. The molecule has 1 aliphatic heterocycles. The average Bonchev–Trinajstić information content (AvgIpc) is 2.45. The van der Waals surface area contributed by atoms with Gasteiger partial charge in [-0.25, -0.2) is 0 Å². The molecule has 0 bridgehead atoms. The molecule has 0 aromatic heterocycles. The molecule has 3 unspecified atom stereocenters. The van der Waals surface area contributed by atoms with Gasteiger partial charge in [0.25, 0.3) is 0 Å². The number of hydrogen-bond donors (Lipinski definition) is 0. The monoisotopic (exact) mass is 299 g/mol. The van der Waals surface area contributed by atoms with Crippen LogP contribution in [0.5, 0.6) is 0 Å². The Labute approximate surface area is 134 Å².